The summed E-state index contributed by atoms with van der Waals surface area (Å²) in [5.41, 5.74) is 2.30. The van der Waals surface area contributed by atoms with Crippen molar-refractivity contribution in [2.24, 2.45) is 5.10 Å². The summed E-state index contributed by atoms with van der Waals surface area (Å²) in [6, 6.07) is 3.63. The second-order valence-corrected chi connectivity index (χ2v) is 4.76. The van der Waals surface area contributed by atoms with Crippen molar-refractivity contribution in [3.05, 3.63) is 35.4 Å². The molecule has 20 heavy (non-hydrogen) atoms. The number of benzene rings is 1. The Morgan fingerprint density at radius 2 is 2.20 bits per heavy atom. The lowest BCUT2D eigenvalue weighted by Gasteiger charge is -2.11. The molecule has 0 radical (unpaired) electrons. The van der Waals surface area contributed by atoms with Crippen LogP contribution >= 0.6 is 12.2 Å². The zero-order valence-corrected chi connectivity index (χ0v) is 11.6. The van der Waals surface area contributed by atoms with Crippen LogP contribution in [0.3, 0.4) is 0 Å². The third-order valence-corrected chi connectivity index (χ3v) is 3.11. The van der Waals surface area contributed by atoms with Crippen LogP contribution in [-0.2, 0) is 4.74 Å². The first-order chi connectivity index (χ1) is 9.66. The Bertz CT molecular complexity index is 484. The SMILES string of the molecule is Fc1cccc(F)c1C=NNC(=S)NCC1CCCO1. The van der Waals surface area contributed by atoms with E-state index in [-0.39, 0.29) is 16.8 Å². The average Bonchev–Trinajstić information content (AvgIpc) is 2.93. The van der Waals surface area contributed by atoms with E-state index >= 15 is 0 Å². The average molecular weight is 299 g/mol. The fourth-order valence-electron chi connectivity index (χ4n) is 1.84. The smallest absolute Gasteiger partial charge is 0.187 e. The first kappa shape index (κ1) is 14.8. The van der Waals surface area contributed by atoms with Crippen molar-refractivity contribution in [1.29, 1.82) is 0 Å². The predicted octanol–water partition coefficient (Wildman–Crippen LogP) is 1.94. The van der Waals surface area contributed by atoms with Crippen LogP contribution in [0.5, 0.6) is 0 Å². The van der Waals surface area contributed by atoms with Crippen LogP contribution in [0.15, 0.2) is 23.3 Å². The van der Waals surface area contributed by atoms with Crippen LogP contribution in [0.2, 0.25) is 0 Å². The summed E-state index contributed by atoms with van der Waals surface area (Å²) < 4.78 is 32.0. The number of rotatable bonds is 4. The second kappa shape index (κ2) is 7.25. The van der Waals surface area contributed by atoms with E-state index < -0.39 is 11.6 Å². The highest BCUT2D eigenvalue weighted by Crippen LogP contribution is 2.10. The summed E-state index contributed by atoms with van der Waals surface area (Å²) in [7, 11) is 0. The van der Waals surface area contributed by atoms with Crippen LogP contribution in [0.25, 0.3) is 0 Å². The van der Waals surface area contributed by atoms with Crippen molar-refractivity contribution < 1.29 is 13.5 Å². The molecular weight excluding hydrogens is 284 g/mol. The highest BCUT2D eigenvalue weighted by Gasteiger charge is 2.15. The van der Waals surface area contributed by atoms with Crippen LogP contribution in [0.4, 0.5) is 8.78 Å². The number of ether oxygens (including phenoxy) is 1. The molecule has 0 spiro atoms. The summed E-state index contributed by atoms with van der Waals surface area (Å²) in [5.74, 6) is -1.34. The normalized spacial score (nSPS) is 18.4. The Morgan fingerprint density at radius 3 is 2.85 bits per heavy atom. The molecule has 1 fully saturated rings. The van der Waals surface area contributed by atoms with Gasteiger partial charge in [0.1, 0.15) is 11.6 Å². The van der Waals surface area contributed by atoms with Gasteiger partial charge in [0.2, 0.25) is 0 Å². The number of hydrogen-bond donors (Lipinski definition) is 2. The van der Waals surface area contributed by atoms with Gasteiger partial charge in [-0.1, -0.05) is 6.07 Å². The van der Waals surface area contributed by atoms with Crippen LogP contribution < -0.4 is 10.7 Å². The minimum atomic E-state index is -0.672. The molecule has 1 saturated heterocycles. The van der Waals surface area contributed by atoms with Crippen molar-refractivity contribution in [2.45, 2.75) is 18.9 Å². The molecular formula is C13H15F2N3OS. The third-order valence-electron chi connectivity index (χ3n) is 2.87. The van der Waals surface area contributed by atoms with E-state index in [2.05, 4.69) is 15.8 Å². The van der Waals surface area contributed by atoms with Gasteiger partial charge in [-0.25, -0.2) is 8.78 Å². The number of nitrogens with zero attached hydrogens (tertiary/aromatic N) is 1. The lowest BCUT2D eigenvalue weighted by Crippen LogP contribution is -2.37. The molecule has 1 aromatic carbocycles. The van der Waals surface area contributed by atoms with E-state index in [1.165, 1.54) is 18.2 Å². The van der Waals surface area contributed by atoms with Gasteiger partial charge in [0.15, 0.2) is 5.11 Å². The highest BCUT2D eigenvalue weighted by molar-refractivity contribution is 7.80. The summed E-state index contributed by atoms with van der Waals surface area (Å²) in [4.78, 5) is 0. The standard InChI is InChI=1S/C13H15F2N3OS/c14-11-4-1-5-12(15)10(11)8-17-18-13(20)16-7-9-3-2-6-19-9/h1,4-5,8-9H,2-3,6-7H2,(H2,16,18,20). The van der Waals surface area contributed by atoms with Gasteiger partial charge < -0.3 is 10.1 Å². The molecule has 2 N–H and O–H groups in total. The molecule has 4 nitrogen and oxygen atoms in total. The van der Waals surface area contributed by atoms with E-state index in [0.29, 0.717) is 6.54 Å². The highest BCUT2D eigenvalue weighted by atomic mass is 32.1. The maximum absolute atomic E-state index is 13.3. The minimum absolute atomic E-state index is 0.155. The van der Waals surface area contributed by atoms with Gasteiger partial charge in [0.25, 0.3) is 0 Å². The molecule has 0 bridgehead atoms. The summed E-state index contributed by atoms with van der Waals surface area (Å²) in [6.45, 7) is 1.37. The van der Waals surface area contributed by atoms with Crippen LogP contribution in [0, 0.1) is 11.6 Å². The molecule has 1 aliphatic rings. The number of nitrogens with one attached hydrogen (secondary N) is 2. The van der Waals surface area contributed by atoms with Crippen molar-refractivity contribution in [3.8, 4) is 0 Å². The van der Waals surface area contributed by atoms with E-state index in [1.807, 2.05) is 0 Å². The van der Waals surface area contributed by atoms with Crippen molar-refractivity contribution in [1.82, 2.24) is 10.7 Å². The van der Waals surface area contributed by atoms with Gasteiger partial charge in [0, 0.05) is 13.2 Å². The van der Waals surface area contributed by atoms with Gasteiger partial charge in [-0.2, -0.15) is 5.10 Å². The molecule has 1 heterocycles. The Balaban J connectivity index is 1.79. The van der Waals surface area contributed by atoms with Gasteiger partial charge in [-0.15, -0.1) is 0 Å². The number of hydrogen-bond acceptors (Lipinski definition) is 3. The lowest BCUT2D eigenvalue weighted by molar-refractivity contribution is 0.114. The van der Waals surface area contributed by atoms with Crippen molar-refractivity contribution in [3.63, 3.8) is 0 Å². The van der Waals surface area contributed by atoms with Gasteiger partial charge in [-0.3, -0.25) is 5.43 Å². The molecule has 1 atom stereocenters. The van der Waals surface area contributed by atoms with Gasteiger partial charge >= 0.3 is 0 Å². The van der Waals surface area contributed by atoms with E-state index in [0.717, 1.165) is 25.7 Å². The summed E-state index contributed by atoms with van der Waals surface area (Å²) in [5, 5.41) is 6.93. The molecule has 0 amide bonds. The maximum atomic E-state index is 13.3. The predicted molar refractivity (Wildman–Crippen MR) is 76.7 cm³/mol. The number of halogens is 2. The van der Waals surface area contributed by atoms with Gasteiger partial charge in [-0.05, 0) is 37.2 Å². The Kier molecular flexibility index (Phi) is 5.37. The van der Waals surface area contributed by atoms with Crippen LogP contribution in [0.1, 0.15) is 18.4 Å². The van der Waals surface area contributed by atoms with Crippen molar-refractivity contribution in [2.75, 3.05) is 13.2 Å². The molecule has 1 aromatic rings. The Hall–Kier alpha value is -1.60. The largest absolute Gasteiger partial charge is 0.376 e. The van der Waals surface area contributed by atoms with Crippen molar-refractivity contribution >= 4 is 23.5 Å². The fourth-order valence-corrected chi connectivity index (χ4v) is 1.98. The molecule has 0 saturated carbocycles. The zero-order chi connectivity index (χ0) is 14.4. The molecule has 108 valence electrons. The second-order valence-electron chi connectivity index (χ2n) is 4.35. The lowest BCUT2D eigenvalue weighted by atomic mass is 10.2. The number of hydrazone groups is 1. The topological polar surface area (TPSA) is 45.7 Å². The molecule has 0 aromatic heterocycles. The van der Waals surface area contributed by atoms with Gasteiger partial charge in [0.05, 0.1) is 17.9 Å². The quantitative estimate of drug-likeness (QED) is 0.507. The third kappa shape index (κ3) is 4.21. The van der Waals surface area contributed by atoms with E-state index in [9.17, 15) is 8.78 Å². The number of thiocarbonyl (C=S) groups is 1. The molecule has 0 aliphatic carbocycles. The van der Waals surface area contributed by atoms with E-state index in [1.54, 1.807) is 0 Å². The molecule has 1 unspecified atom stereocenters. The zero-order valence-electron chi connectivity index (χ0n) is 10.7. The summed E-state index contributed by atoms with van der Waals surface area (Å²) >= 11 is 4.99. The first-order valence-corrected chi connectivity index (χ1v) is 6.70. The fraction of sp³-hybridized carbons (Fsp3) is 0.385. The molecule has 7 heteroatoms. The molecule has 2 rings (SSSR count). The van der Waals surface area contributed by atoms with E-state index in [4.69, 9.17) is 17.0 Å². The Morgan fingerprint density at radius 1 is 1.45 bits per heavy atom. The Labute approximate surface area is 121 Å². The summed E-state index contributed by atoms with van der Waals surface area (Å²) in [6.07, 6.45) is 3.27. The first-order valence-electron chi connectivity index (χ1n) is 6.29. The monoisotopic (exact) mass is 299 g/mol. The maximum Gasteiger partial charge on any atom is 0.187 e. The van der Waals surface area contributed by atoms with Crippen LogP contribution in [-0.4, -0.2) is 30.6 Å². The molecule has 1 aliphatic heterocycles. The minimum Gasteiger partial charge on any atom is -0.376 e.